The fourth-order valence-electron chi connectivity index (χ4n) is 5.53. The van der Waals surface area contributed by atoms with Gasteiger partial charge in [0.2, 0.25) is 0 Å². The topological polar surface area (TPSA) is 96.3 Å². The lowest BCUT2D eigenvalue weighted by atomic mass is 9.91. The summed E-state index contributed by atoms with van der Waals surface area (Å²) in [5.74, 6) is -1.27. The van der Waals surface area contributed by atoms with Crippen molar-refractivity contribution in [1.82, 2.24) is 4.90 Å². The van der Waals surface area contributed by atoms with E-state index in [1.807, 2.05) is 67.6 Å². The number of aliphatic carboxylic acids is 1. The van der Waals surface area contributed by atoms with Crippen LogP contribution in [0, 0.1) is 0 Å². The summed E-state index contributed by atoms with van der Waals surface area (Å²) in [5.41, 5.74) is 2.55. The van der Waals surface area contributed by atoms with Crippen LogP contribution in [0.1, 0.15) is 61.0 Å². The highest BCUT2D eigenvalue weighted by Crippen LogP contribution is 2.41. The van der Waals surface area contributed by atoms with Crippen LogP contribution in [0.5, 0.6) is 11.5 Å². The van der Waals surface area contributed by atoms with Crippen molar-refractivity contribution in [3.8, 4) is 11.5 Å². The maximum absolute atomic E-state index is 14.1. The first-order valence-corrected chi connectivity index (χ1v) is 13.1. The van der Waals surface area contributed by atoms with Gasteiger partial charge in [-0.05, 0) is 42.5 Å². The van der Waals surface area contributed by atoms with Gasteiger partial charge in [-0.15, -0.1) is 0 Å². The van der Waals surface area contributed by atoms with E-state index in [1.54, 1.807) is 6.07 Å². The van der Waals surface area contributed by atoms with Crippen LogP contribution in [-0.2, 0) is 33.9 Å². The van der Waals surface area contributed by atoms with E-state index in [9.17, 15) is 19.8 Å². The number of ether oxygens (including phenoxy) is 2. The minimum atomic E-state index is -1.12. The van der Waals surface area contributed by atoms with Gasteiger partial charge in [0, 0.05) is 18.5 Å². The second kappa shape index (κ2) is 10.9. The van der Waals surface area contributed by atoms with E-state index in [2.05, 4.69) is 0 Å². The zero-order valence-corrected chi connectivity index (χ0v) is 21.5. The normalized spacial score (nSPS) is 19.0. The largest absolute Gasteiger partial charge is 0.504 e. The lowest BCUT2D eigenvalue weighted by Gasteiger charge is -2.39. The molecule has 1 aliphatic carbocycles. The minimum Gasteiger partial charge on any atom is -0.504 e. The van der Waals surface area contributed by atoms with Crippen molar-refractivity contribution in [1.29, 1.82) is 0 Å². The number of hydrogen-bond acceptors (Lipinski definition) is 5. The Morgan fingerprint density at radius 3 is 2.32 bits per heavy atom. The number of amides is 1. The molecule has 3 aromatic carbocycles. The number of phenolic OH excluding ortho intramolecular Hbond substituents is 1. The summed E-state index contributed by atoms with van der Waals surface area (Å²) >= 11 is 0. The molecule has 5 rings (SSSR count). The molecule has 1 heterocycles. The summed E-state index contributed by atoms with van der Waals surface area (Å²) in [5, 5.41) is 20.8. The molecule has 0 radical (unpaired) electrons. The van der Waals surface area contributed by atoms with Crippen LogP contribution >= 0.6 is 0 Å². The number of nitrogens with zero attached hydrogens (tertiary/aromatic N) is 1. The predicted molar refractivity (Wildman–Crippen MR) is 142 cm³/mol. The minimum absolute atomic E-state index is 0.0215. The second-order valence-electron chi connectivity index (χ2n) is 10.4. The van der Waals surface area contributed by atoms with Gasteiger partial charge in [-0.25, -0.2) is 4.79 Å². The number of benzene rings is 3. The third-order valence-corrected chi connectivity index (χ3v) is 7.64. The van der Waals surface area contributed by atoms with E-state index in [1.165, 1.54) is 11.0 Å². The third kappa shape index (κ3) is 5.38. The molecule has 1 saturated carbocycles. The maximum atomic E-state index is 14.1. The van der Waals surface area contributed by atoms with Gasteiger partial charge in [0.1, 0.15) is 12.6 Å². The Labute approximate surface area is 222 Å². The lowest BCUT2D eigenvalue weighted by molar-refractivity contribution is -0.166. The van der Waals surface area contributed by atoms with E-state index in [-0.39, 0.29) is 37.0 Å². The molecule has 38 heavy (non-hydrogen) atoms. The van der Waals surface area contributed by atoms with Crippen LogP contribution in [0.3, 0.4) is 0 Å². The van der Waals surface area contributed by atoms with E-state index in [4.69, 9.17) is 9.47 Å². The van der Waals surface area contributed by atoms with Crippen LogP contribution in [0.2, 0.25) is 0 Å². The van der Waals surface area contributed by atoms with Gasteiger partial charge in [0.05, 0.1) is 5.60 Å². The summed E-state index contributed by atoms with van der Waals surface area (Å²) in [4.78, 5) is 28.0. The molecule has 198 valence electrons. The van der Waals surface area contributed by atoms with Gasteiger partial charge in [0.15, 0.2) is 17.6 Å². The Hall–Kier alpha value is -3.84. The number of rotatable bonds is 8. The third-order valence-electron chi connectivity index (χ3n) is 7.64. The molecule has 0 bridgehead atoms. The number of fused-ring (bicyclic) bond motifs is 1. The van der Waals surface area contributed by atoms with Crippen LogP contribution in [0.25, 0.3) is 0 Å². The van der Waals surface area contributed by atoms with Crippen LogP contribution < -0.4 is 4.74 Å². The molecule has 0 spiro atoms. The first kappa shape index (κ1) is 25.8. The molecule has 2 unspecified atom stereocenters. The van der Waals surface area contributed by atoms with Crippen molar-refractivity contribution >= 4 is 11.9 Å². The molecule has 2 atom stereocenters. The van der Waals surface area contributed by atoms with Crippen LogP contribution in [0.4, 0.5) is 0 Å². The van der Waals surface area contributed by atoms with Crippen molar-refractivity contribution in [3.05, 3.63) is 95.1 Å². The van der Waals surface area contributed by atoms with E-state index in [0.717, 1.165) is 36.8 Å². The highest BCUT2D eigenvalue weighted by molar-refractivity contribution is 5.88. The Kier molecular flexibility index (Phi) is 7.38. The maximum Gasteiger partial charge on any atom is 0.326 e. The molecule has 1 fully saturated rings. The highest BCUT2D eigenvalue weighted by Gasteiger charge is 2.42. The zero-order valence-electron chi connectivity index (χ0n) is 21.5. The summed E-state index contributed by atoms with van der Waals surface area (Å²) < 4.78 is 12.5. The Bertz CT molecular complexity index is 1290. The van der Waals surface area contributed by atoms with Crippen molar-refractivity contribution in [2.75, 3.05) is 0 Å². The van der Waals surface area contributed by atoms with Gasteiger partial charge in [0.25, 0.3) is 5.91 Å². The lowest BCUT2D eigenvalue weighted by Crippen LogP contribution is -2.51. The van der Waals surface area contributed by atoms with Gasteiger partial charge in [-0.3, -0.25) is 4.79 Å². The Morgan fingerprint density at radius 2 is 1.66 bits per heavy atom. The number of carbonyl (C=O) groups excluding carboxylic acids is 1. The molecule has 2 aliphatic rings. The van der Waals surface area contributed by atoms with Gasteiger partial charge >= 0.3 is 5.97 Å². The van der Waals surface area contributed by atoms with Crippen molar-refractivity contribution < 1.29 is 29.3 Å². The molecule has 3 aromatic rings. The van der Waals surface area contributed by atoms with Crippen LogP contribution in [0.15, 0.2) is 72.8 Å². The fourth-order valence-corrected chi connectivity index (χ4v) is 5.53. The first-order chi connectivity index (χ1) is 18.3. The molecule has 2 N–H and O–H groups in total. The van der Waals surface area contributed by atoms with Gasteiger partial charge in [-0.1, -0.05) is 79.6 Å². The number of carbonyl (C=O) groups is 2. The molecule has 1 aliphatic heterocycles. The van der Waals surface area contributed by atoms with E-state index in [0.29, 0.717) is 11.1 Å². The molecular formula is C31H33NO6. The monoisotopic (exact) mass is 515 g/mol. The molecule has 7 heteroatoms. The summed E-state index contributed by atoms with van der Waals surface area (Å²) in [6.07, 6.45) is 2.90. The van der Waals surface area contributed by atoms with Crippen molar-refractivity contribution in [2.24, 2.45) is 0 Å². The molecule has 0 saturated heterocycles. The average Bonchev–Trinajstić information content (AvgIpc) is 3.37. The number of aromatic hydroxyl groups is 1. The van der Waals surface area contributed by atoms with Crippen molar-refractivity contribution in [2.45, 2.75) is 69.9 Å². The summed E-state index contributed by atoms with van der Waals surface area (Å²) in [6.45, 7) is 2.34. The van der Waals surface area contributed by atoms with Crippen LogP contribution in [-0.4, -0.2) is 38.6 Å². The first-order valence-electron chi connectivity index (χ1n) is 13.1. The fraction of sp³-hybridized carbons (Fsp3) is 0.355. The van der Waals surface area contributed by atoms with Gasteiger partial charge < -0.3 is 24.6 Å². The predicted octanol–water partition coefficient (Wildman–Crippen LogP) is 5.40. The highest BCUT2D eigenvalue weighted by atomic mass is 16.5. The molecule has 1 amide bonds. The SMILES string of the molecule is CC1(OC(C(=O)N2Cc3ccc(O)c(OCc4ccccc4)c3CC2C(=O)O)c2ccccc2)CCCC1. The van der Waals surface area contributed by atoms with Gasteiger partial charge in [-0.2, -0.15) is 0 Å². The van der Waals surface area contributed by atoms with Crippen molar-refractivity contribution in [3.63, 3.8) is 0 Å². The Morgan fingerprint density at radius 1 is 1.00 bits per heavy atom. The average molecular weight is 516 g/mol. The smallest absolute Gasteiger partial charge is 0.326 e. The van der Waals surface area contributed by atoms with E-state index >= 15 is 0 Å². The molecule has 7 nitrogen and oxygen atoms in total. The number of carboxylic acid groups (broad SMARTS) is 1. The summed E-state index contributed by atoms with van der Waals surface area (Å²) in [7, 11) is 0. The molecular weight excluding hydrogens is 482 g/mol. The zero-order chi connectivity index (χ0) is 26.7. The quantitative estimate of drug-likeness (QED) is 0.417. The number of carboxylic acids is 1. The molecule has 0 aromatic heterocycles. The number of hydrogen-bond donors (Lipinski definition) is 2. The Balaban J connectivity index is 1.46. The standard InChI is InChI=1S/C31H33NO6/c1-31(16-8-9-17-31)38-27(22-12-6-3-7-13-22)29(34)32-19-23-14-15-26(33)28(24(23)18-25(32)30(35)36)37-20-21-10-4-2-5-11-21/h2-7,10-15,25,27,33H,8-9,16-20H2,1H3,(H,35,36). The number of phenols is 1. The second-order valence-corrected chi connectivity index (χ2v) is 10.4. The van der Waals surface area contributed by atoms with E-state index < -0.39 is 23.7 Å². The summed E-state index contributed by atoms with van der Waals surface area (Å²) in [6, 6.07) is 21.0.